The Balaban J connectivity index is 2.69. The highest BCUT2D eigenvalue weighted by Gasteiger charge is 2.14. The molecule has 2 nitrogen and oxygen atoms in total. The lowest BCUT2D eigenvalue weighted by Gasteiger charge is -2.14. The zero-order chi connectivity index (χ0) is 14.3. The third-order valence-corrected chi connectivity index (χ3v) is 4.29. The maximum absolute atomic E-state index is 5.93. The van der Waals surface area contributed by atoms with Gasteiger partial charge in [-0.15, -0.1) is 11.3 Å². The van der Waals surface area contributed by atoms with Crippen molar-refractivity contribution in [1.82, 2.24) is 0 Å². The molecule has 0 spiro atoms. The summed E-state index contributed by atoms with van der Waals surface area (Å²) in [6, 6.07) is 0. The van der Waals surface area contributed by atoms with Gasteiger partial charge in [-0.25, -0.2) is 0 Å². The van der Waals surface area contributed by atoms with Gasteiger partial charge in [-0.1, -0.05) is 47.1 Å². The molecule has 0 bridgehead atoms. The number of ether oxygens (including phenoxy) is 2. The van der Waals surface area contributed by atoms with Crippen LogP contribution in [0.1, 0.15) is 45.4 Å². The molecule has 2 unspecified atom stereocenters. The van der Waals surface area contributed by atoms with Crippen LogP contribution < -0.4 is 9.47 Å². The van der Waals surface area contributed by atoms with E-state index in [-0.39, 0.29) is 0 Å². The minimum atomic E-state index is 0.556. The van der Waals surface area contributed by atoms with Crippen molar-refractivity contribution in [3.63, 3.8) is 0 Å². The van der Waals surface area contributed by atoms with Gasteiger partial charge < -0.3 is 9.47 Å². The molecule has 0 amide bonds. The van der Waals surface area contributed by atoms with Crippen molar-refractivity contribution in [1.29, 1.82) is 0 Å². The summed E-state index contributed by atoms with van der Waals surface area (Å²) in [6.45, 7) is 14.1. The Morgan fingerprint density at radius 1 is 1.16 bits per heavy atom. The number of hydrogen-bond acceptors (Lipinski definition) is 3. The van der Waals surface area contributed by atoms with Gasteiger partial charge in [0.05, 0.1) is 18.1 Å². The number of thiophene rings is 1. The van der Waals surface area contributed by atoms with E-state index in [1.54, 1.807) is 11.3 Å². The van der Waals surface area contributed by atoms with Crippen LogP contribution in [-0.4, -0.2) is 13.2 Å². The predicted molar refractivity (Wildman–Crippen MR) is 84.3 cm³/mol. The molecule has 1 rings (SSSR count). The van der Waals surface area contributed by atoms with E-state index in [0.29, 0.717) is 11.8 Å². The van der Waals surface area contributed by atoms with Gasteiger partial charge in [0.25, 0.3) is 0 Å². The van der Waals surface area contributed by atoms with Crippen LogP contribution in [0.5, 0.6) is 11.5 Å². The summed E-state index contributed by atoms with van der Waals surface area (Å²) >= 11 is 1.63. The van der Waals surface area contributed by atoms with Crippen molar-refractivity contribution >= 4 is 17.4 Å². The predicted octanol–water partition coefficient (Wildman–Crippen LogP) is 5.24. The zero-order valence-electron chi connectivity index (χ0n) is 12.6. The molecular weight excluding hydrogens is 256 g/mol. The summed E-state index contributed by atoms with van der Waals surface area (Å²) < 4.78 is 11.8. The van der Waals surface area contributed by atoms with Gasteiger partial charge in [0.15, 0.2) is 11.5 Å². The zero-order valence-corrected chi connectivity index (χ0v) is 13.4. The summed E-state index contributed by atoms with van der Waals surface area (Å²) in [5.74, 6) is 2.85. The standard InChI is InChI=1S/C16H26O2S/c1-6-12(4)9-17-14-11-19-15(8-3)16(14)18-10-13(5)7-2/h8,11-13H,3,6-7,9-10H2,1-2,4-5H3. The second-order valence-corrected chi connectivity index (χ2v) is 6.06. The first-order valence-corrected chi connectivity index (χ1v) is 7.99. The van der Waals surface area contributed by atoms with E-state index in [9.17, 15) is 0 Å². The van der Waals surface area contributed by atoms with Crippen molar-refractivity contribution in [3.8, 4) is 11.5 Å². The normalized spacial score (nSPS) is 13.9. The molecule has 0 aromatic carbocycles. The average Bonchev–Trinajstić information content (AvgIpc) is 2.83. The molecule has 0 aliphatic heterocycles. The molecule has 1 aromatic rings. The van der Waals surface area contributed by atoms with Gasteiger partial charge in [0.1, 0.15) is 0 Å². The summed E-state index contributed by atoms with van der Waals surface area (Å²) in [5, 5.41) is 2.02. The van der Waals surface area contributed by atoms with Crippen LogP contribution in [0.15, 0.2) is 12.0 Å². The molecule has 3 heteroatoms. The van der Waals surface area contributed by atoms with E-state index >= 15 is 0 Å². The van der Waals surface area contributed by atoms with E-state index < -0.39 is 0 Å². The van der Waals surface area contributed by atoms with E-state index in [1.807, 2.05) is 11.5 Å². The summed E-state index contributed by atoms with van der Waals surface area (Å²) in [5.41, 5.74) is 0. The van der Waals surface area contributed by atoms with E-state index in [1.165, 1.54) is 0 Å². The molecule has 0 saturated heterocycles. The van der Waals surface area contributed by atoms with Crippen molar-refractivity contribution in [2.24, 2.45) is 11.8 Å². The van der Waals surface area contributed by atoms with Gasteiger partial charge >= 0.3 is 0 Å². The first kappa shape index (κ1) is 16.1. The topological polar surface area (TPSA) is 18.5 Å². The molecule has 19 heavy (non-hydrogen) atoms. The minimum absolute atomic E-state index is 0.556. The smallest absolute Gasteiger partial charge is 0.179 e. The van der Waals surface area contributed by atoms with E-state index in [2.05, 4.69) is 34.3 Å². The highest BCUT2D eigenvalue weighted by Crippen LogP contribution is 2.38. The van der Waals surface area contributed by atoms with Gasteiger partial charge in [-0.3, -0.25) is 0 Å². The van der Waals surface area contributed by atoms with Gasteiger partial charge in [0, 0.05) is 5.38 Å². The van der Waals surface area contributed by atoms with E-state index in [4.69, 9.17) is 9.47 Å². The molecule has 0 aliphatic rings. The van der Waals surface area contributed by atoms with Crippen molar-refractivity contribution < 1.29 is 9.47 Å². The Bertz CT molecular complexity index is 384. The lowest BCUT2D eigenvalue weighted by molar-refractivity contribution is 0.219. The minimum Gasteiger partial charge on any atom is -0.489 e. The lowest BCUT2D eigenvalue weighted by Crippen LogP contribution is -2.10. The second-order valence-electron chi connectivity index (χ2n) is 5.15. The van der Waals surface area contributed by atoms with Crippen LogP contribution in [0, 0.1) is 11.8 Å². The summed E-state index contributed by atoms with van der Waals surface area (Å²) in [6.07, 6.45) is 4.09. The highest BCUT2D eigenvalue weighted by molar-refractivity contribution is 7.11. The summed E-state index contributed by atoms with van der Waals surface area (Å²) in [7, 11) is 0. The Hall–Kier alpha value is -0.960. The molecule has 1 aromatic heterocycles. The molecule has 0 aliphatic carbocycles. The molecule has 0 N–H and O–H groups in total. The molecule has 0 fully saturated rings. The van der Waals surface area contributed by atoms with Crippen LogP contribution in [-0.2, 0) is 0 Å². The maximum Gasteiger partial charge on any atom is 0.179 e. The highest BCUT2D eigenvalue weighted by atomic mass is 32.1. The fourth-order valence-corrected chi connectivity index (χ4v) is 2.19. The quantitative estimate of drug-likeness (QED) is 0.616. The van der Waals surface area contributed by atoms with E-state index in [0.717, 1.165) is 42.4 Å². The third kappa shape index (κ3) is 4.90. The maximum atomic E-state index is 5.93. The molecule has 1 heterocycles. The lowest BCUT2D eigenvalue weighted by atomic mass is 10.1. The van der Waals surface area contributed by atoms with Crippen molar-refractivity contribution in [2.45, 2.75) is 40.5 Å². The largest absolute Gasteiger partial charge is 0.489 e. The first-order valence-electron chi connectivity index (χ1n) is 7.11. The molecular formula is C16H26O2S. The number of rotatable bonds is 9. The Morgan fingerprint density at radius 3 is 2.26 bits per heavy atom. The fraction of sp³-hybridized carbons (Fsp3) is 0.625. The van der Waals surface area contributed by atoms with Crippen LogP contribution in [0.2, 0.25) is 0 Å². The molecule has 0 saturated carbocycles. The van der Waals surface area contributed by atoms with Crippen LogP contribution >= 0.6 is 11.3 Å². The number of hydrogen-bond donors (Lipinski definition) is 0. The third-order valence-electron chi connectivity index (χ3n) is 3.36. The van der Waals surface area contributed by atoms with Gasteiger partial charge in [0.2, 0.25) is 0 Å². The molecule has 2 atom stereocenters. The van der Waals surface area contributed by atoms with Crippen LogP contribution in [0.3, 0.4) is 0 Å². The Kier molecular flexibility index (Phi) is 7.00. The van der Waals surface area contributed by atoms with Crippen molar-refractivity contribution in [2.75, 3.05) is 13.2 Å². The van der Waals surface area contributed by atoms with Crippen LogP contribution in [0.25, 0.3) is 6.08 Å². The average molecular weight is 282 g/mol. The second kappa shape index (κ2) is 8.26. The monoisotopic (exact) mass is 282 g/mol. The Labute approximate surface area is 121 Å². The fourth-order valence-electron chi connectivity index (χ4n) is 1.42. The van der Waals surface area contributed by atoms with Gasteiger partial charge in [-0.05, 0) is 17.9 Å². The summed E-state index contributed by atoms with van der Waals surface area (Å²) in [4.78, 5) is 1.06. The van der Waals surface area contributed by atoms with Gasteiger partial charge in [-0.2, -0.15) is 0 Å². The molecule has 0 radical (unpaired) electrons. The SMILES string of the molecule is C=Cc1scc(OCC(C)CC)c1OCC(C)CC. The van der Waals surface area contributed by atoms with Crippen molar-refractivity contribution in [3.05, 3.63) is 16.8 Å². The van der Waals surface area contributed by atoms with Crippen LogP contribution in [0.4, 0.5) is 0 Å². The Morgan fingerprint density at radius 2 is 1.74 bits per heavy atom. The first-order chi connectivity index (χ1) is 9.12. The molecule has 108 valence electrons.